The van der Waals surface area contributed by atoms with Crippen molar-refractivity contribution in [2.75, 3.05) is 6.61 Å². The van der Waals surface area contributed by atoms with Crippen LogP contribution in [0.5, 0.6) is 0 Å². The fourth-order valence-electron chi connectivity index (χ4n) is 5.12. The zero-order chi connectivity index (χ0) is 13.4. The monoisotopic (exact) mass is 277 g/mol. The molecule has 4 saturated heterocycles. The fraction of sp³-hybridized carbons (Fsp3) is 0.867. The molecule has 5 aliphatic rings. The van der Waals surface area contributed by atoms with Crippen molar-refractivity contribution in [3.8, 4) is 0 Å². The molecular formula is C15H19NO4. The van der Waals surface area contributed by atoms with E-state index in [0.717, 1.165) is 38.7 Å². The van der Waals surface area contributed by atoms with Gasteiger partial charge in [-0.25, -0.2) is 0 Å². The third-order valence-electron chi connectivity index (χ3n) is 6.11. The van der Waals surface area contributed by atoms with Gasteiger partial charge in [0.2, 0.25) is 11.8 Å². The molecule has 4 heterocycles. The van der Waals surface area contributed by atoms with Crippen molar-refractivity contribution in [2.24, 2.45) is 17.8 Å². The van der Waals surface area contributed by atoms with E-state index in [-0.39, 0.29) is 48.0 Å². The number of hydrogen-bond donors (Lipinski definition) is 0. The van der Waals surface area contributed by atoms with E-state index in [9.17, 15) is 9.59 Å². The van der Waals surface area contributed by atoms with Crippen molar-refractivity contribution in [3.63, 3.8) is 0 Å². The lowest BCUT2D eigenvalue weighted by molar-refractivity contribution is -0.166. The molecule has 0 aromatic rings. The highest BCUT2D eigenvalue weighted by Gasteiger charge is 2.65. The third-order valence-corrected chi connectivity index (χ3v) is 6.11. The van der Waals surface area contributed by atoms with E-state index in [0.29, 0.717) is 5.92 Å². The van der Waals surface area contributed by atoms with E-state index >= 15 is 0 Å². The molecule has 0 radical (unpaired) electrons. The standard InChI is InChI=1S/C15H19NO4/c17-14-12-9-3-4-10(20-9)13(12)15(18)16(14)8-6-11-7(8)2-1-5-19-11/h7-13H,1-6H2/t7-,8-,9-,10+,11+,12-,13+/m1/s1. The van der Waals surface area contributed by atoms with Crippen LogP contribution >= 0.6 is 0 Å². The molecule has 5 rings (SSSR count). The minimum Gasteiger partial charge on any atom is -0.378 e. The molecule has 0 spiro atoms. The summed E-state index contributed by atoms with van der Waals surface area (Å²) in [6.45, 7) is 0.832. The molecule has 5 nitrogen and oxygen atoms in total. The zero-order valence-electron chi connectivity index (χ0n) is 11.4. The molecule has 0 unspecified atom stereocenters. The molecule has 7 atom stereocenters. The molecule has 1 aliphatic carbocycles. The molecule has 2 bridgehead atoms. The molecule has 1 saturated carbocycles. The van der Waals surface area contributed by atoms with Crippen LogP contribution in [-0.4, -0.2) is 47.7 Å². The summed E-state index contributed by atoms with van der Waals surface area (Å²) in [5.74, 6) is 0.117. The zero-order valence-corrected chi connectivity index (χ0v) is 11.4. The maximum absolute atomic E-state index is 12.7. The van der Waals surface area contributed by atoms with Crippen LogP contribution in [0.1, 0.15) is 32.1 Å². The van der Waals surface area contributed by atoms with Crippen LogP contribution in [-0.2, 0) is 19.1 Å². The van der Waals surface area contributed by atoms with Gasteiger partial charge in [0.15, 0.2) is 0 Å². The normalized spacial score (nSPS) is 53.0. The number of carbonyl (C=O) groups is 2. The highest BCUT2D eigenvalue weighted by molar-refractivity contribution is 6.06. The van der Waals surface area contributed by atoms with E-state index in [4.69, 9.17) is 9.47 Å². The van der Waals surface area contributed by atoms with Crippen molar-refractivity contribution in [3.05, 3.63) is 0 Å². The van der Waals surface area contributed by atoms with Crippen molar-refractivity contribution < 1.29 is 19.1 Å². The van der Waals surface area contributed by atoms with Crippen LogP contribution in [0.15, 0.2) is 0 Å². The number of hydrogen-bond acceptors (Lipinski definition) is 4. The SMILES string of the molecule is O=C1[C@@H]2[C@H](C(=O)N1[C@@H]1C[C@@H]3OCCC[C@@H]31)[C@H]1CC[C@@H]2O1. The second kappa shape index (κ2) is 3.83. The predicted molar refractivity (Wildman–Crippen MR) is 67.6 cm³/mol. The minimum atomic E-state index is -0.176. The Kier molecular flexibility index (Phi) is 2.24. The van der Waals surface area contributed by atoms with Crippen LogP contribution in [0, 0.1) is 17.8 Å². The summed E-state index contributed by atoms with van der Waals surface area (Å²) in [5, 5.41) is 0. The Balaban J connectivity index is 1.42. The Morgan fingerprint density at radius 3 is 2.30 bits per heavy atom. The Labute approximate surface area is 117 Å². The molecule has 0 N–H and O–H groups in total. The van der Waals surface area contributed by atoms with Gasteiger partial charge in [-0.15, -0.1) is 0 Å². The average Bonchev–Trinajstić information content (AvgIpc) is 3.09. The first-order valence-electron chi connectivity index (χ1n) is 7.89. The molecule has 5 heteroatoms. The van der Waals surface area contributed by atoms with Crippen LogP contribution in [0.4, 0.5) is 0 Å². The van der Waals surface area contributed by atoms with Gasteiger partial charge in [0.25, 0.3) is 0 Å². The number of fused-ring (bicyclic) bond motifs is 6. The van der Waals surface area contributed by atoms with Gasteiger partial charge in [0.1, 0.15) is 0 Å². The first-order valence-corrected chi connectivity index (χ1v) is 7.89. The van der Waals surface area contributed by atoms with E-state index < -0.39 is 0 Å². The van der Waals surface area contributed by atoms with Gasteiger partial charge < -0.3 is 9.47 Å². The number of amides is 2. The number of likely N-dealkylation sites (tertiary alicyclic amines) is 1. The summed E-state index contributed by atoms with van der Waals surface area (Å²) >= 11 is 0. The second-order valence-corrected chi connectivity index (χ2v) is 6.91. The average molecular weight is 277 g/mol. The van der Waals surface area contributed by atoms with Gasteiger partial charge in [-0.2, -0.15) is 0 Å². The van der Waals surface area contributed by atoms with Gasteiger partial charge >= 0.3 is 0 Å². The van der Waals surface area contributed by atoms with Crippen LogP contribution in [0.2, 0.25) is 0 Å². The van der Waals surface area contributed by atoms with Crippen LogP contribution in [0.3, 0.4) is 0 Å². The molecule has 2 amide bonds. The number of nitrogens with zero attached hydrogens (tertiary/aromatic N) is 1. The molecule has 0 aromatic carbocycles. The van der Waals surface area contributed by atoms with E-state index in [1.165, 1.54) is 0 Å². The van der Waals surface area contributed by atoms with Crippen molar-refractivity contribution in [2.45, 2.75) is 56.5 Å². The summed E-state index contributed by atoms with van der Waals surface area (Å²) in [7, 11) is 0. The summed E-state index contributed by atoms with van der Waals surface area (Å²) < 4.78 is 11.5. The van der Waals surface area contributed by atoms with Gasteiger partial charge in [-0.3, -0.25) is 14.5 Å². The summed E-state index contributed by atoms with van der Waals surface area (Å²) in [6.07, 6.45) is 5.16. The fourth-order valence-corrected chi connectivity index (χ4v) is 5.12. The topological polar surface area (TPSA) is 55.8 Å². The van der Waals surface area contributed by atoms with Gasteiger partial charge in [-0.05, 0) is 32.1 Å². The van der Waals surface area contributed by atoms with E-state index in [1.54, 1.807) is 4.90 Å². The predicted octanol–water partition coefficient (Wildman–Crippen LogP) is 0.716. The van der Waals surface area contributed by atoms with E-state index in [1.807, 2.05) is 0 Å². The highest BCUT2D eigenvalue weighted by atomic mass is 16.5. The lowest BCUT2D eigenvalue weighted by Crippen LogP contribution is -2.60. The molecule has 0 aromatic heterocycles. The maximum atomic E-state index is 12.7. The van der Waals surface area contributed by atoms with Gasteiger partial charge in [-0.1, -0.05) is 0 Å². The largest absolute Gasteiger partial charge is 0.378 e. The lowest BCUT2D eigenvalue weighted by atomic mass is 9.71. The number of imide groups is 1. The summed E-state index contributed by atoms with van der Waals surface area (Å²) in [5.41, 5.74) is 0. The minimum absolute atomic E-state index is 0.00456. The first kappa shape index (κ1) is 11.7. The van der Waals surface area contributed by atoms with E-state index in [2.05, 4.69) is 0 Å². The van der Waals surface area contributed by atoms with Crippen molar-refractivity contribution in [1.82, 2.24) is 4.90 Å². The van der Waals surface area contributed by atoms with Crippen molar-refractivity contribution in [1.29, 1.82) is 0 Å². The summed E-state index contributed by atoms with van der Waals surface area (Å²) in [4.78, 5) is 27.0. The Morgan fingerprint density at radius 1 is 0.950 bits per heavy atom. The molecular weight excluding hydrogens is 258 g/mol. The third kappa shape index (κ3) is 1.26. The summed E-state index contributed by atoms with van der Waals surface area (Å²) in [6, 6.07) is 0.102. The smallest absolute Gasteiger partial charge is 0.236 e. The van der Waals surface area contributed by atoms with Crippen molar-refractivity contribution >= 4 is 11.8 Å². The Bertz CT molecular complexity index is 464. The highest BCUT2D eigenvalue weighted by Crippen LogP contribution is 2.51. The quantitative estimate of drug-likeness (QED) is 0.663. The lowest BCUT2D eigenvalue weighted by Gasteiger charge is -2.50. The Hall–Kier alpha value is -0.940. The number of ether oxygens (including phenoxy) is 2. The Morgan fingerprint density at radius 2 is 1.65 bits per heavy atom. The molecule has 4 aliphatic heterocycles. The maximum Gasteiger partial charge on any atom is 0.236 e. The molecule has 108 valence electrons. The molecule has 20 heavy (non-hydrogen) atoms. The van der Waals surface area contributed by atoms with Crippen LogP contribution < -0.4 is 0 Å². The first-order chi connectivity index (χ1) is 9.75. The van der Waals surface area contributed by atoms with Gasteiger partial charge in [0, 0.05) is 18.6 Å². The van der Waals surface area contributed by atoms with Gasteiger partial charge in [0.05, 0.1) is 30.1 Å². The number of rotatable bonds is 1. The molecule has 5 fully saturated rings. The van der Waals surface area contributed by atoms with Crippen LogP contribution in [0.25, 0.3) is 0 Å². The second-order valence-electron chi connectivity index (χ2n) is 6.91. The number of carbonyl (C=O) groups excluding carboxylic acids is 2.